The normalized spacial score (nSPS) is 13.2. The van der Waals surface area contributed by atoms with Crippen molar-refractivity contribution in [2.75, 3.05) is 19.0 Å². The highest BCUT2D eigenvalue weighted by Crippen LogP contribution is 2.38. The lowest BCUT2D eigenvalue weighted by Crippen LogP contribution is -2.29. The minimum atomic E-state index is -0.384. The van der Waals surface area contributed by atoms with Crippen molar-refractivity contribution in [1.82, 2.24) is 4.90 Å². The van der Waals surface area contributed by atoms with Crippen molar-refractivity contribution in [2.24, 2.45) is 0 Å². The van der Waals surface area contributed by atoms with Crippen molar-refractivity contribution in [1.29, 1.82) is 0 Å². The van der Waals surface area contributed by atoms with Gasteiger partial charge in [-0.15, -0.1) is 35.1 Å². The number of nitrogens with one attached hydrogen (secondary N) is 1. The van der Waals surface area contributed by atoms with E-state index in [0.29, 0.717) is 17.0 Å². The molecule has 0 radical (unpaired) electrons. The Morgan fingerprint density at radius 1 is 1.17 bits per heavy atom. The van der Waals surface area contributed by atoms with Crippen LogP contribution in [0.1, 0.15) is 31.2 Å². The van der Waals surface area contributed by atoms with E-state index in [1.54, 1.807) is 11.3 Å². The van der Waals surface area contributed by atoms with Crippen molar-refractivity contribution >= 4 is 52.0 Å². The summed E-state index contributed by atoms with van der Waals surface area (Å²) >= 11 is 3.04. The standard InChI is InChI=1S/C22H22N2O3S2.ClH/c1-27-22(26)20-17-9-10-24(13-15-6-3-2-4-7-15)14-18(17)29-21(20)23-19(25)12-16-8-5-11-28-16;/h2-8,11H,9-10,12-14H2,1H3,(H,23,25);1H. The minimum absolute atomic E-state index is 0. The van der Waals surface area contributed by atoms with Crippen molar-refractivity contribution < 1.29 is 14.3 Å². The molecule has 1 N–H and O–H groups in total. The molecular formula is C22H23ClN2O3S2. The van der Waals surface area contributed by atoms with Gasteiger partial charge in [-0.1, -0.05) is 36.4 Å². The molecule has 0 fully saturated rings. The molecule has 0 saturated carbocycles. The summed E-state index contributed by atoms with van der Waals surface area (Å²) in [5, 5.41) is 5.51. The van der Waals surface area contributed by atoms with Gasteiger partial charge in [-0.05, 0) is 29.0 Å². The van der Waals surface area contributed by atoms with Gasteiger partial charge in [-0.2, -0.15) is 0 Å². The number of amides is 1. The quantitative estimate of drug-likeness (QED) is 0.536. The van der Waals surface area contributed by atoms with E-state index < -0.39 is 0 Å². The predicted molar refractivity (Wildman–Crippen MR) is 124 cm³/mol. The fraction of sp³-hybridized carbons (Fsp3) is 0.273. The van der Waals surface area contributed by atoms with E-state index in [4.69, 9.17) is 4.74 Å². The molecule has 0 spiro atoms. The summed E-state index contributed by atoms with van der Waals surface area (Å²) in [4.78, 5) is 29.5. The molecule has 158 valence electrons. The number of fused-ring (bicyclic) bond motifs is 1. The van der Waals surface area contributed by atoms with Crippen LogP contribution in [0.15, 0.2) is 47.8 Å². The van der Waals surface area contributed by atoms with E-state index in [0.717, 1.165) is 41.4 Å². The fourth-order valence-electron chi connectivity index (χ4n) is 3.58. The van der Waals surface area contributed by atoms with Gasteiger partial charge in [0.2, 0.25) is 5.91 Å². The lowest BCUT2D eigenvalue weighted by Gasteiger charge is -2.27. The zero-order valence-electron chi connectivity index (χ0n) is 16.6. The molecule has 2 aromatic heterocycles. The number of ether oxygens (including phenoxy) is 1. The van der Waals surface area contributed by atoms with Crippen LogP contribution in [-0.4, -0.2) is 30.4 Å². The highest BCUT2D eigenvalue weighted by Gasteiger charge is 2.29. The Balaban J connectivity index is 0.00000256. The fourth-order valence-corrected chi connectivity index (χ4v) is 5.58. The average molecular weight is 463 g/mol. The second-order valence-corrected chi connectivity index (χ2v) is 9.09. The maximum absolute atomic E-state index is 12.5. The van der Waals surface area contributed by atoms with Crippen LogP contribution in [0.4, 0.5) is 5.00 Å². The zero-order chi connectivity index (χ0) is 20.2. The lowest BCUT2D eigenvalue weighted by atomic mass is 10.0. The molecule has 0 aliphatic carbocycles. The Morgan fingerprint density at radius 2 is 1.97 bits per heavy atom. The zero-order valence-corrected chi connectivity index (χ0v) is 19.0. The van der Waals surface area contributed by atoms with Crippen LogP contribution in [-0.2, 0) is 35.5 Å². The number of rotatable bonds is 6. The third-order valence-corrected chi connectivity index (χ3v) is 6.95. The van der Waals surface area contributed by atoms with E-state index in [1.807, 2.05) is 35.7 Å². The number of halogens is 1. The largest absolute Gasteiger partial charge is 0.465 e. The van der Waals surface area contributed by atoms with Gasteiger partial charge in [-0.3, -0.25) is 9.69 Å². The number of hydrogen-bond donors (Lipinski definition) is 1. The third-order valence-electron chi connectivity index (χ3n) is 4.94. The Kier molecular flexibility index (Phi) is 7.66. The molecular weight excluding hydrogens is 440 g/mol. The molecule has 1 amide bonds. The number of esters is 1. The smallest absolute Gasteiger partial charge is 0.341 e. The molecule has 1 aliphatic rings. The van der Waals surface area contributed by atoms with Crippen molar-refractivity contribution in [3.8, 4) is 0 Å². The highest BCUT2D eigenvalue weighted by molar-refractivity contribution is 7.17. The monoisotopic (exact) mass is 462 g/mol. The van der Waals surface area contributed by atoms with Gasteiger partial charge in [0, 0.05) is 29.4 Å². The van der Waals surface area contributed by atoms with Crippen LogP contribution < -0.4 is 5.32 Å². The summed E-state index contributed by atoms with van der Waals surface area (Å²) in [6, 6.07) is 14.2. The van der Waals surface area contributed by atoms with Gasteiger partial charge in [0.05, 0.1) is 19.1 Å². The molecule has 4 rings (SSSR count). The molecule has 3 heterocycles. The van der Waals surface area contributed by atoms with E-state index in [2.05, 4.69) is 22.3 Å². The van der Waals surface area contributed by atoms with Gasteiger partial charge in [0.25, 0.3) is 0 Å². The van der Waals surface area contributed by atoms with Crippen molar-refractivity contribution in [3.63, 3.8) is 0 Å². The van der Waals surface area contributed by atoms with E-state index in [9.17, 15) is 9.59 Å². The summed E-state index contributed by atoms with van der Waals surface area (Å²) in [5.74, 6) is -0.497. The highest BCUT2D eigenvalue weighted by atomic mass is 35.5. The number of anilines is 1. The lowest BCUT2D eigenvalue weighted by molar-refractivity contribution is -0.115. The molecule has 0 bridgehead atoms. The van der Waals surface area contributed by atoms with Crippen molar-refractivity contribution in [2.45, 2.75) is 25.9 Å². The summed E-state index contributed by atoms with van der Waals surface area (Å²) < 4.78 is 5.02. The van der Waals surface area contributed by atoms with Gasteiger partial charge in [0.15, 0.2) is 0 Å². The van der Waals surface area contributed by atoms with Crippen LogP contribution in [0, 0.1) is 0 Å². The molecule has 30 heavy (non-hydrogen) atoms. The van der Waals surface area contributed by atoms with Gasteiger partial charge >= 0.3 is 5.97 Å². The van der Waals surface area contributed by atoms with E-state index in [-0.39, 0.29) is 24.3 Å². The van der Waals surface area contributed by atoms with Crippen LogP contribution >= 0.6 is 35.1 Å². The summed E-state index contributed by atoms with van der Waals surface area (Å²) in [5.41, 5.74) is 2.80. The van der Waals surface area contributed by atoms with Crippen molar-refractivity contribution in [3.05, 3.63) is 74.3 Å². The van der Waals surface area contributed by atoms with Crippen LogP contribution in [0.3, 0.4) is 0 Å². The molecule has 0 unspecified atom stereocenters. The molecule has 5 nitrogen and oxygen atoms in total. The van der Waals surface area contributed by atoms with Gasteiger partial charge in [0.1, 0.15) is 5.00 Å². The number of carbonyl (C=O) groups excluding carboxylic acids is 2. The maximum Gasteiger partial charge on any atom is 0.341 e. The van der Waals surface area contributed by atoms with Gasteiger partial charge < -0.3 is 10.1 Å². The number of nitrogens with zero attached hydrogens (tertiary/aromatic N) is 1. The Labute approximate surface area is 190 Å². The third kappa shape index (κ3) is 5.10. The van der Waals surface area contributed by atoms with E-state index >= 15 is 0 Å². The summed E-state index contributed by atoms with van der Waals surface area (Å²) in [6.07, 6.45) is 1.07. The Morgan fingerprint density at radius 3 is 2.67 bits per heavy atom. The number of thiophene rings is 2. The van der Waals surface area contributed by atoms with Crippen LogP contribution in [0.2, 0.25) is 0 Å². The van der Waals surface area contributed by atoms with Crippen LogP contribution in [0.5, 0.6) is 0 Å². The SMILES string of the molecule is COC(=O)c1c(NC(=O)Cc2cccs2)sc2c1CCN(Cc1ccccc1)C2.Cl. The number of methoxy groups -OCH3 is 1. The Bertz CT molecular complexity index is 1000. The average Bonchev–Trinajstić information content (AvgIpc) is 3.35. The van der Waals surface area contributed by atoms with Crippen LogP contribution in [0.25, 0.3) is 0 Å². The summed E-state index contributed by atoms with van der Waals surface area (Å²) in [6.45, 7) is 2.50. The molecule has 3 aromatic rings. The number of hydrogen-bond acceptors (Lipinski definition) is 6. The first kappa shape index (κ1) is 22.5. The first-order valence-corrected chi connectivity index (χ1v) is 11.1. The maximum atomic E-state index is 12.5. The summed E-state index contributed by atoms with van der Waals surface area (Å²) in [7, 11) is 1.38. The number of carbonyl (C=O) groups is 2. The minimum Gasteiger partial charge on any atom is -0.465 e. The first-order valence-electron chi connectivity index (χ1n) is 9.45. The second kappa shape index (κ2) is 10.2. The second-order valence-electron chi connectivity index (χ2n) is 6.95. The first-order chi connectivity index (χ1) is 14.1. The van der Waals surface area contributed by atoms with E-state index in [1.165, 1.54) is 24.0 Å². The molecule has 0 atom stereocenters. The van der Waals surface area contributed by atoms with Gasteiger partial charge in [-0.25, -0.2) is 4.79 Å². The number of benzene rings is 1. The molecule has 1 aromatic carbocycles. The molecule has 8 heteroatoms. The Hall–Kier alpha value is -2.19. The predicted octanol–water partition coefficient (Wildman–Crippen LogP) is 4.76. The molecule has 1 aliphatic heterocycles. The molecule has 0 saturated heterocycles. The topological polar surface area (TPSA) is 58.6 Å².